The van der Waals surface area contributed by atoms with Gasteiger partial charge in [-0.05, 0) is 100 Å². The van der Waals surface area contributed by atoms with Crippen LogP contribution in [0.2, 0.25) is 0 Å². The largest absolute Gasteiger partial charge is 0.256 e. The van der Waals surface area contributed by atoms with Crippen LogP contribution in [-0.4, -0.2) is 4.98 Å². The van der Waals surface area contributed by atoms with Gasteiger partial charge in [0, 0.05) is 36.3 Å². The molecule has 3 aromatic heterocycles. The average Bonchev–Trinajstić information content (AvgIpc) is 3.38. The third kappa shape index (κ3) is 4.26. The first kappa shape index (κ1) is 25.3. The molecule has 0 aliphatic heterocycles. The lowest BCUT2D eigenvalue weighted by Gasteiger charge is -2.23. The number of nitrogens with zero attached hydrogens (tertiary/aromatic N) is 1. The second kappa shape index (κ2) is 9.32. The van der Waals surface area contributed by atoms with Gasteiger partial charge in [-0.2, -0.15) is 0 Å². The van der Waals surface area contributed by atoms with E-state index >= 15 is 0 Å². The van der Waals surface area contributed by atoms with E-state index in [2.05, 4.69) is 109 Å². The normalized spacial score (nSPS) is 12.4. The summed E-state index contributed by atoms with van der Waals surface area (Å²) in [5, 5.41) is 5.29. The Hall–Kier alpha value is -3.01. The van der Waals surface area contributed by atoms with Gasteiger partial charge < -0.3 is 0 Å². The fourth-order valence-electron chi connectivity index (χ4n) is 5.73. The Morgan fingerprint density at radius 3 is 2.34 bits per heavy atom. The molecule has 0 bridgehead atoms. The van der Waals surface area contributed by atoms with Crippen LogP contribution >= 0.6 is 22.7 Å². The molecule has 0 saturated heterocycles. The number of pyridine rings is 1. The maximum atomic E-state index is 4.98. The molecular weight excluding hydrogens is 499 g/mol. The molecule has 38 heavy (non-hydrogen) atoms. The standard InChI is InChI=1S/C35H35NS2/c1-20(2)16-31-21(3)27-18-24(12-13-29(27)37-31)34-22(4)32-30(38-34)14-15-36-33(32)25-17-23-10-8-9-11-26(23)28(19-25)35(5,6)7/h8-15,17-20H,16H2,1-7H3. The van der Waals surface area contributed by atoms with Gasteiger partial charge in [0.15, 0.2) is 0 Å². The van der Waals surface area contributed by atoms with Gasteiger partial charge in [0.1, 0.15) is 0 Å². The topological polar surface area (TPSA) is 12.9 Å². The Bertz CT molecular complexity index is 1820. The number of rotatable bonds is 4. The van der Waals surface area contributed by atoms with Gasteiger partial charge in [-0.25, -0.2) is 0 Å². The van der Waals surface area contributed by atoms with Crippen LogP contribution in [0, 0.1) is 19.8 Å². The molecule has 6 rings (SSSR count). The molecule has 3 aromatic carbocycles. The van der Waals surface area contributed by atoms with E-state index in [4.69, 9.17) is 4.98 Å². The maximum absolute atomic E-state index is 4.98. The highest BCUT2D eigenvalue weighted by atomic mass is 32.1. The van der Waals surface area contributed by atoms with Crippen molar-refractivity contribution in [2.75, 3.05) is 0 Å². The van der Waals surface area contributed by atoms with Crippen molar-refractivity contribution in [1.82, 2.24) is 4.98 Å². The Balaban J connectivity index is 1.54. The van der Waals surface area contributed by atoms with Crippen LogP contribution in [0.25, 0.3) is 52.6 Å². The van der Waals surface area contributed by atoms with E-state index < -0.39 is 0 Å². The van der Waals surface area contributed by atoms with E-state index in [0.717, 1.165) is 12.1 Å². The van der Waals surface area contributed by atoms with Crippen molar-refractivity contribution in [2.24, 2.45) is 5.92 Å². The predicted octanol–water partition coefficient (Wildman–Crippen LogP) is 11.1. The number of aryl methyl sites for hydroxylation is 2. The van der Waals surface area contributed by atoms with Gasteiger partial charge in [0.2, 0.25) is 0 Å². The zero-order chi connectivity index (χ0) is 26.8. The SMILES string of the molecule is Cc1c(CC(C)C)sc2ccc(-c3sc4ccnc(-c5cc(C(C)(C)C)c6ccccc6c5)c4c3C)cc12. The molecule has 0 radical (unpaired) electrons. The van der Waals surface area contributed by atoms with Crippen LogP contribution in [0.15, 0.2) is 66.9 Å². The first-order chi connectivity index (χ1) is 18.1. The highest BCUT2D eigenvalue weighted by Gasteiger charge is 2.21. The zero-order valence-electron chi connectivity index (χ0n) is 23.4. The first-order valence-corrected chi connectivity index (χ1v) is 15.2. The van der Waals surface area contributed by atoms with Crippen LogP contribution in [0.3, 0.4) is 0 Å². The van der Waals surface area contributed by atoms with Crippen molar-refractivity contribution in [3.63, 3.8) is 0 Å². The molecule has 0 amide bonds. The number of thiophene rings is 2. The minimum Gasteiger partial charge on any atom is -0.256 e. The molecule has 0 saturated carbocycles. The molecule has 0 spiro atoms. The van der Waals surface area contributed by atoms with Gasteiger partial charge in [-0.15, -0.1) is 22.7 Å². The fourth-order valence-corrected chi connectivity index (χ4v) is 8.34. The number of hydrogen-bond acceptors (Lipinski definition) is 3. The summed E-state index contributed by atoms with van der Waals surface area (Å²) in [7, 11) is 0. The number of aromatic nitrogens is 1. The molecule has 0 atom stereocenters. The third-order valence-corrected chi connectivity index (χ3v) is 10.3. The Morgan fingerprint density at radius 1 is 0.789 bits per heavy atom. The molecule has 0 aliphatic rings. The molecule has 0 aliphatic carbocycles. The molecule has 1 nitrogen and oxygen atoms in total. The van der Waals surface area contributed by atoms with Gasteiger partial charge >= 0.3 is 0 Å². The van der Waals surface area contributed by atoms with E-state index in [1.54, 1.807) is 0 Å². The molecule has 192 valence electrons. The first-order valence-electron chi connectivity index (χ1n) is 13.6. The number of hydrogen-bond donors (Lipinski definition) is 0. The van der Waals surface area contributed by atoms with Crippen molar-refractivity contribution in [1.29, 1.82) is 0 Å². The van der Waals surface area contributed by atoms with Gasteiger partial charge in [-0.3, -0.25) is 4.98 Å². The Labute approximate surface area is 234 Å². The van der Waals surface area contributed by atoms with Gasteiger partial charge in [0.05, 0.1) is 5.69 Å². The second-order valence-corrected chi connectivity index (χ2v) is 14.2. The van der Waals surface area contributed by atoms with Crippen LogP contribution < -0.4 is 0 Å². The minimum absolute atomic E-state index is 0.0423. The van der Waals surface area contributed by atoms with E-state index in [1.807, 2.05) is 28.9 Å². The highest BCUT2D eigenvalue weighted by molar-refractivity contribution is 7.22. The van der Waals surface area contributed by atoms with Crippen LogP contribution in [-0.2, 0) is 11.8 Å². The summed E-state index contributed by atoms with van der Waals surface area (Å²) < 4.78 is 2.70. The van der Waals surface area contributed by atoms with Gasteiger partial charge in [-0.1, -0.05) is 65.0 Å². The molecule has 3 heterocycles. The van der Waals surface area contributed by atoms with Gasteiger partial charge in [0.25, 0.3) is 0 Å². The number of fused-ring (bicyclic) bond motifs is 3. The Morgan fingerprint density at radius 2 is 1.58 bits per heavy atom. The van der Waals surface area contributed by atoms with E-state index in [0.29, 0.717) is 5.92 Å². The monoisotopic (exact) mass is 533 g/mol. The van der Waals surface area contributed by atoms with E-state index in [-0.39, 0.29) is 5.41 Å². The van der Waals surface area contributed by atoms with Crippen molar-refractivity contribution in [2.45, 2.75) is 60.3 Å². The summed E-state index contributed by atoms with van der Waals surface area (Å²) >= 11 is 3.86. The smallest absolute Gasteiger partial charge is 0.0791 e. The summed E-state index contributed by atoms with van der Waals surface area (Å²) in [6.45, 7) is 16.1. The summed E-state index contributed by atoms with van der Waals surface area (Å²) in [5.74, 6) is 0.672. The van der Waals surface area contributed by atoms with E-state index in [9.17, 15) is 0 Å². The summed E-state index contributed by atoms with van der Waals surface area (Å²) in [5.41, 5.74) is 7.79. The van der Waals surface area contributed by atoms with Crippen molar-refractivity contribution < 1.29 is 0 Å². The lowest BCUT2D eigenvalue weighted by Crippen LogP contribution is -2.12. The lowest BCUT2D eigenvalue weighted by atomic mass is 9.82. The van der Waals surface area contributed by atoms with Crippen LogP contribution in [0.1, 0.15) is 56.2 Å². The predicted molar refractivity (Wildman–Crippen MR) is 170 cm³/mol. The maximum Gasteiger partial charge on any atom is 0.0791 e. The summed E-state index contributed by atoms with van der Waals surface area (Å²) in [6.07, 6.45) is 3.13. The molecular formula is C35H35NS2. The zero-order valence-corrected chi connectivity index (χ0v) is 25.0. The molecule has 0 N–H and O–H groups in total. The van der Waals surface area contributed by atoms with Crippen LogP contribution in [0.5, 0.6) is 0 Å². The van der Waals surface area contributed by atoms with Crippen molar-refractivity contribution in [3.8, 4) is 21.7 Å². The highest BCUT2D eigenvalue weighted by Crippen LogP contribution is 2.44. The van der Waals surface area contributed by atoms with Crippen molar-refractivity contribution in [3.05, 3.63) is 88.4 Å². The Kier molecular flexibility index (Phi) is 6.20. The fraction of sp³-hybridized carbons (Fsp3) is 0.286. The summed E-state index contributed by atoms with van der Waals surface area (Å²) in [4.78, 5) is 7.85. The second-order valence-electron chi connectivity index (χ2n) is 12.0. The molecule has 3 heteroatoms. The molecule has 0 unspecified atom stereocenters. The quantitative estimate of drug-likeness (QED) is 0.220. The van der Waals surface area contributed by atoms with Crippen molar-refractivity contribution >= 4 is 53.6 Å². The molecule has 6 aromatic rings. The summed E-state index contributed by atoms with van der Waals surface area (Å²) in [6, 6.07) is 22.7. The van der Waals surface area contributed by atoms with Crippen LogP contribution in [0.4, 0.5) is 0 Å². The minimum atomic E-state index is 0.0423. The molecule has 0 fully saturated rings. The lowest BCUT2D eigenvalue weighted by molar-refractivity contribution is 0.596. The number of benzene rings is 3. The third-order valence-electron chi connectivity index (χ3n) is 7.67. The average molecular weight is 534 g/mol. The van der Waals surface area contributed by atoms with E-state index in [1.165, 1.54) is 68.5 Å².